The van der Waals surface area contributed by atoms with Gasteiger partial charge in [-0.25, -0.2) is 4.90 Å². The summed E-state index contributed by atoms with van der Waals surface area (Å²) in [6.07, 6.45) is 0. The molecule has 1 heterocycles. The largest absolute Gasteiger partial charge is 0.495 e. The van der Waals surface area contributed by atoms with Gasteiger partial charge in [-0.05, 0) is 61.7 Å². The zero-order chi connectivity index (χ0) is 23.0. The number of benzene rings is 3. The molecule has 0 saturated heterocycles. The average molecular weight is 447 g/mol. The molecular weight excluding hydrogens is 424 g/mol. The van der Waals surface area contributed by atoms with Crippen molar-refractivity contribution >= 4 is 40.4 Å². The lowest BCUT2D eigenvalue weighted by molar-refractivity contribution is -0.120. The lowest BCUT2D eigenvalue weighted by Crippen LogP contribution is -2.33. The number of imide groups is 1. The van der Waals surface area contributed by atoms with Gasteiger partial charge in [-0.15, -0.1) is 0 Å². The lowest BCUT2D eigenvalue weighted by Gasteiger charge is -2.18. The van der Waals surface area contributed by atoms with Crippen molar-refractivity contribution in [3.05, 3.63) is 93.6 Å². The van der Waals surface area contributed by atoms with Gasteiger partial charge >= 0.3 is 0 Å². The number of ether oxygens (including phenoxy) is 1. The zero-order valence-corrected chi connectivity index (χ0v) is 19.1. The van der Waals surface area contributed by atoms with Gasteiger partial charge in [0.15, 0.2) is 0 Å². The van der Waals surface area contributed by atoms with Gasteiger partial charge in [0, 0.05) is 5.02 Å². The van der Waals surface area contributed by atoms with Crippen molar-refractivity contribution in [2.45, 2.75) is 20.8 Å². The molecule has 0 saturated carbocycles. The van der Waals surface area contributed by atoms with Crippen LogP contribution < -0.4 is 15.0 Å². The van der Waals surface area contributed by atoms with Crippen LogP contribution in [0.5, 0.6) is 5.75 Å². The highest BCUT2D eigenvalue weighted by Crippen LogP contribution is 2.38. The maximum atomic E-state index is 13.7. The molecule has 0 bridgehead atoms. The van der Waals surface area contributed by atoms with Crippen LogP contribution in [0, 0.1) is 20.8 Å². The Bertz CT molecular complexity index is 1280. The summed E-state index contributed by atoms with van der Waals surface area (Å²) in [5, 5.41) is 3.63. The first-order valence-corrected chi connectivity index (χ1v) is 10.6. The average Bonchev–Trinajstić information content (AvgIpc) is 2.99. The fraction of sp³-hybridized carbons (Fsp3) is 0.154. The Morgan fingerprint density at radius 3 is 2.31 bits per heavy atom. The molecule has 0 atom stereocenters. The summed E-state index contributed by atoms with van der Waals surface area (Å²) in [7, 11) is 1.54. The van der Waals surface area contributed by atoms with Gasteiger partial charge in [-0.1, -0.05) is 53.6 Å². The van der Waals surface area contributed by atoms with Crippen LogP contribution in [0.4, 0.5) is 11.4 Å². The number of hydrogen-bond acceptors (Lipinski definition) is 4. The van der Waals surface area contributed by atoms with Crippen molar-refractivity contribution in [2.75, 3.05) is 17.3 Å². The number of halogens is 1. The number of para-hydroxylation sites is 1. The smallest absolute Gasteiger partial charge is 0.282 e. The van der Waals surface area contributed by atoms with Crippen LogP contribution in [0.15, 0.2) is 66.4 Å². The maximum absolute atomic E-state index is 13.7. The summed E-state index contributed by atoms with van der Waals surface area (Å²) in [6, 6.07) is 18.2. The molecule has 0 unspecified atom stereocenters. The van der Waals surface area contributed by atoms with Gasteiger partial charge in [0.05, 0.1) is 24.1 Å². The topological polar surface area (TPSA) is 58.6 Å². The summed E-state index contributed by atoms with van der Waals surface area (Å²) in [5.41, 5.74) is 5.08. The van der Waals surface area contributed by atoms with Crippen molar-refractivity contribution in [1.29, 1.82) is 0 Å². The molecule has 5 nitrogen and oxygen atoms in total. The SMILES string of the molecule is COc1ccc(Cl)cc1NC1=C(c2ccc(C)cc2C)C(=O)N(c2ccccc2C)C1=O. The molecule has 2 amide bonds. The highest BCUT2D eigenvalue weighted by atomic mass is 35.5. The second-order valence-corrected chi connectivity index (χ2v) is 8.21. The minimum atomic E-state index is -0.429. The minimum absolute atomic E-state index is 0.186. The second-order valence-electron chi connectivity index (χ2n) is 7.77. The van der Waals surface area contributed by atoms with E-state index in [4.69, 9.17) is 16.3 Å². The molecule has 1 N–H and O–H groups in total. The zero-order valence-electron chi connectivity index (χ0n) is 18.3. The van der Waals surface area contributed by atoms with Crippen LogP contribution in [0.3, 0.4) is 0 Å². The number of aryl methyl sites for hydroxylation is 3. The molecular formula is C26H23ClN2O3. The van der Waals surface area contributed by atoms with E-state index < -0.39 is 5.91 Å². The molecule has 1 aliphatic heterocycles. The molecule has 0 radical (unpaired) electrons. The summed E-state index contributed by atoms with van der Waals surface area (Å²) in [5.74, 6) is -0.294. The predicted molar refractivity (Wildman–Crippen MR) is 128 cm³/mol. The van der Waals surface area contributed by atoms with Gasteiger partial charge in [0.2, 0.25) is 0 Å². The fourth-order valence-corrected chi connectivity index (χ4v) is 4.11. The lowest BCUT2D eigenvalue weighted by atomic mass is 9.97. The van der Waals surface area contributed by atoms with E-state index in [2.05, 4.69) is 5.32 Å². The highest BCUT2D eigenvalue weighted by molar-refractivity contribution is 6.46. The molecule has 32 heavy (non-hydrogen) atoms. The van der Waals surface area contributed by atoms with Crippen molar-refractivity contribution in [1.82, 2.24) is 0 Å². The van der Waals surface area contributed by atoms with Crippen molar-refractivity contribution in [3.8, 4) is 5.75 Å². The highest BCUT2D eigenvalue weighted by Gasteiger charge is 2.41. The number of rotatable bonds is 5. The summed E-state index contributed by atoms with van der Waals surface area (Å²) in [6.45, 7) is 5.79. The van der Waals surface area contributed by atoms with E-state index in [1.807, 2.05) is 57.2 Å². The third-order valence-electron chi connectivity index (χ3n) is 5.51. The van der Waals surface area contributed by atoms with E-state index in [1.54, 1.807) is 24.3 Å². The van der Waals surface area contributed by atoms with Gasteiger partial charge in [-0.3, -0.25) is 9.59 Å². The van der Waals surface area contributed by atoms with Crippen molar-refractivity contribution in [3.63, 3.8) is 0 Å². The Morgan fingerprint density at radius 1 is 0.875 bits per heavy atom. The first-order chi connectivity index (χ1) is 15.3. The fourth-order valence-electron chi connectivity index (χ4n) is 3.94. The van der Waals surface area contributed by atoms with Gasteiger partial charge in [-0.2, -0.15) is 0 Å². The number of amides is 2. The van der Waals surface area contributed by atoms with E-state index in [-0.39, 0.29) is 11.6 Å². The van der Waals surface area contributed by atoms with E-state index in [9.17, 15) is 9.59 Å². The molecule has 4 rings (SSSR count). The quantitative estimate of drug-likeness (QED) is 0.513. The van der Waals surface area contributed by atoms with Crippen LogP contribution in [0.1, 0.15) is 22.3 Å². The van der Waals surface area contributed by atoms with E-state index in [0.29, 0.717) is 33.3 Å². The van der Waals surface area contributed by atoms with Crippen LogP contribution in [0.2, 0.25) is 5.02 Å². The Morgan fingerprint density at radius 2 is 1.62 bits per heavy atom. The number of carbonyl (C=O) groups excluding carboxylic acids is 2. The Balaban J connectivity index is 1.91. The summed E-state index contributed by atoms with van der Waals surface area (Å²) >= 11 is 6.19. The number of carbonyl (C=O) groups is 2. The standard InChI is InChI=1S/C26H23ClN2O3/c1-15-9-11-19(17(3)13-15)23-24(28-20-14-18(27)10-12-22(20)32-4)26(31)29(25(23)30)21-8-6-5-7-16(21)2/h5-14,28H,1-4H3. The molecule has 1 aliphatic rings. The normalized spacial score (nSPS) is 13.7. The van der Waals surface area contributed by atoms with Crippen LogP contribution in [-0.4, -0.2) is 18.9 Å². The molecule has 0 fully saturated rings. The van der Waals surface area contributed by atoms with Crippen LogP contribution in [0.25, 0.3) is 5.57 Å². The van der Waals surface area contributed by atoms with Crippen LogP contribution >= 0.6 is 11.6 Å². The molecule has 0 aliphatic carbocycles. The summed E-state index contributed by atoms with van der Waals surface area (Å²) in [4.78, 5) is 28.5. The second kappa shape index (κ2) is 8.52. The molecule has 0 spiro atoms. The van der Waals surface area contributed by atoms with E-state index in [1.165, 1.54) is 12.0 Å². The molecule has 162 valence electrons. The minimum Gasteiger partial charge on any atom is -0.495 e. The van der Waals surface area contributed by atoms with Gasteiger partial charge in [0.25, 0.3) is 11.8 Å². The Labute approximate surface area is 192 Å². The predicted octanol–water partition coefficient (Wildman–Crippen LogP) is 5.67. The maximum Gasteiger partial charge on any atom is 0.282 e. The van der Waals surface area contributed by atoms with E-state index >= 15 is 0 Å². The number of methoxy groups -OCH3 is 1. The molecule has 6 heteroatoms. The van der Waals surface area contributed by atoms with Gasteiger partial charge < -0.3 is 10.1 Å². The van der Waals surface area contributed by atoms with Crippen LogP contribution in [-0.2, 0) is 9.59 Å². The number of nitrogens with one attached hydrogen (secondary N) is 1. The molecule has 3 aromatic carbocycles. The molecule has 0 aromatic heterocycles. The number of hydrogen-bond donors (Lipinski definition) is 1. The van der Waals surface area contributed by atoms with Crippen molar-refractivity contribution < 1.29 is 14.3 Å². The first kappa shape index (κ1) is 21.7. The van der Waals surface area contributed by atoms with Crippen molar-refractivity contribution in [2.24, 2.45) is 0 Å². The Hall–Kier alpha value is -3.57. The number of nitrogens with zero attached hydrogens (tertiary/aromatic N) is 1. The monoisotopic (exact) mass is 446 g/mol. The number of anilines is 2. The molecule has 3 aromatic rings. The van der Waals surface area contributed by atoms with E-state index in [0.717, 1.165) is 16.7 Å². The summed E-state index contributed by atoms with van der Waals surface area (Å²) < 4.78 is 5.43. The third-order valence-corrected chi connectivity index (χ3v) is 5.75. The first-order valence-electron chi connectivity index (χ1n) is 10.2. The Kier molecular flexibility index (Phi) is 5.76. The van der Waals surface area contributed by atoms with Gasteiger partial charge in [0.1, 0.15) is 11.4 Å². The third kappa shape index (κ3) is 3.76.